The van der Waals surface area contributed by atoms with Gasteiger partial charge in [0.05, 0.1) is 5.69 Å². The van der Waals surface area contributed by atoms with Crippen molar-refractivity contribution < 1.29 is 9.90 Å². The van der Waals surface area contributed by atoms with E-state index < -0.39 is 5.97 Å². The smallest absolute Gasteiger partial charge is 0.339 e. The van der Waals surface area contributed by atoms with Crippen LogP contribution in [0.3, 0.4) is 0 Å². The van der Waals surface area contributed by atoms with Gasteiger partial charge in [0.25, 0.3) is 0 Å². The molecule has 1 aromatic heterocycles. The largest absolute Gasteiger partial charge is 0.478 e. The van der Waals surface area contributed by atoms with Gasteiger partial charge in [0.15, 0.2) is 0 Å². The van der Waals surface area contributed by atoms with Gasteiger partial charge in [-0.3, -0.25) is 4.90 Å². The lowest BCUT2D eigenvalue weighted by atomic mass is 10.2. The highest BCUT2D eigenvalue weighted by Gasteiger charge is 2.21. The first kappa shape index (κ1) is 12.3. The molecule has 2 rings (SSSR count). The van der Waals surface area contributed by atoms with Crippen molar-refractivity contribution in [3.05, 3.63) is 23.8 Å². The van der Waals surface area contributed by atoms with Crippen molar-refractivity contribution in [2.24, 2.45) is 0 Å². The maximum atomic E-state index is 11.0. The van der Waals surface area contributed by atoms with Crippen molar-refractivity contribution in [3.8, 4) is 0 Å². The minimum Gasteiger partial charge on any atom is -0.478 e. The second kappa shape index (κ2) is 5.46. The van der Waals surface area contributed by atoms with Crippen molar-refractivity contribution in [2.45, 2.75) is 19.5 Å². The van der Waals surface area contributed by atoms with Gasteiger partial charge in [-0.25, -0.2) is 14.8 Å². The molecule has 1 saturated heterocycles. The van der Waals surface area contributed by atoms with Crippen LogP contribution in [0, 0.1) is 0 Å². The molecule has 5 nitrogen and oxygen atoms in total. The summed E-state index contributed by atoms with van der Waals surface area (Å²) in [7, 11) is 0. The van der Waals surface area contributed by atoms with Crippen molar-refractivity contribution in [1.29, 1.82) is 0 Å². The van der Waals surface area contributed by atoms with Crippen LogP contribution in [0.5, 0.6) is 0 Å². The number of hydrogen-bond donors (Lipinski definition) is 1. The number of carboxylic acids is 1. The molecule has 0 spiro atoms. The maximum absolute atomic E-state index is 11.0. The van der Waals surface area contributed by atoms with E-state index in [4.69, 9.17) is 5.11 Å². The molecule has 1 N–H and O–H groups in total. The van der Waals surface area contributed by atoms with Crippen molar-refractivity contribution in [3.63, 3.8) is 0 Å². The van der Waals surface area contributed by atoms with Gasteiger partial charge in [-0.2, -0.15) is 11.8 Å². The van der Waals surface area contributed by atoms with Crippen LogP contribution >= 0.6 is 11.8 Å². The molecular formula is C11H15N3O2S. The van der Waals surface area contributed by atoms with Gasteiger partial charge in [-0.1, -0.05) is 0 Å². The normalized spacial score (nSPS) is 21.4. The van der Waals surface area contributed by atoms with E-state index in [1.54, 1.807) is 0 Å². The monoisotopic (exact) mass is 253 g/mol. The molecule has 0 amide bonds. The van der Waals surface area contributed by atoms with Crippen LogP contribution in [0.1, 0.15) is 23.0 Å². The third-order valence-corrected chi connectivity index (χ3v) is 4.07. The molecule has 92 valence electrons. The van der Waals surface area contributed by atoms with Gasteiger partial charge < -0.3 is 5.11 Å². The lowest BCUT2D eigenvalue weighted by Crippen LogP contribution is -2.40. The summed E-state index contributed by atoms with van der Waals surface area (Å²) >= 11 is 1.94. The Hall–Kier alpha value is -1.14. The standard InChI is InChI=1S/C11H15N3O2S/c1-8-6-17-3-2-14(8)5-10-9(11(15)16)4-12-7-13-10/h4,7-8H,2-3,5-6H2,1H3,(H,15,16). The fourth-order valence-corrected chi connectivity index (χ4v) is 2.93. The third-order valence-electron chi connectivity index (χ3n) is 2.88. The summed E-state index contributed by atoms with van der Waals surface area (Å²) in [5, 5.41) is 9.06. The summed E-state index contributed by atoms with van der Waals surface area (Å²) in [5.41, 5.74) is 0.809. The van der Waals surface area contributed by atoms with E-state index in [2.05, 4.69) is 21.8 Å². The van der Waals surface area contributed by atoms with E-state index in [0.717, 1.165) is 18.1 Å². The van der Waals surface area contributed by atoms with Crippen molar-refractivity contribution in [2.75, 3.05) is 18.1 Å². The Morgan fingerprint density at radius 3 is 3.24 bits per heavy atom. The molecule has 1 fully saturated rings. The van der Waals surface area contributed by atoms with E-state index in [-0.39, 0.29) is 5.56 Å². The molecule has 1 aliphatic rings. The van der Waals surface area contributed by atoms with E-state index in [9.17, 15) is 4.79 Å². The third kappa shape index (κ3) is 2.95. The Balaban J connectivity index is 2.14. The van der Waals surface area contributed by atoms with E-state index in [0.29, 0.717) is 18.3 Å². The Bertz CT molecular complexity index is 413. The minimum absolute atomic E-state index is 0.206. The Kier molecular flexibility index (Phi) is 3.96. The van der Waals surface area contributed by atoms with Gasteiger partial charge in [0.1, 0.15) is 11.9 Å². The van der Waals surface area contributed by atoms with E-state index >= 15 is 0 Å². The van der Waals surface area contributed by atoms with E-state index in [1.807, 2.05) is 11.8 Å². The zero-order chi connectivity index (χ0) is 12.3. The number of carbonyl (C=O) groups is 1. The number of carboxylic acid groups (broad SMARTS) is 1. The van der Waals surface area contributed by atoms with Crippen LogP contribution in [0.15, 0.2) is 12.5 Å². The minimum atomic E-state index is -0.959. The molecule has 0 saturated carbocycles. The highest BCUT2D eigenvalue weighted by Crippen LogP contribution is 2.18. The maximum Gasteiger partial charge on any atom is 0.339 e. The van der Waals surface area contributed by atoms with Crippen LogP contribution in [0.25, 0.3) is 0 Å². The lowest BCUT2D eigenvalue weighted by molar-refractivity contribution is 0.0692. The molecule has 0 bridgehead atoms. The fourth-order valence-electron chi connectivity index (χ4n) is 1.85. The van der Waals surface area contributed by atoms with Gasteiger partial charge in [0, 0.05) is 36.8 Å². The molecule has 1 atom stereocenters. The summed E-state index contributed by atoms with van der Waals surface area (Å²) < 4.78 is 0. The first-order valence-corrected chi connectivity index (χ1v) is 6.68. The summed E-state index contributed by atoms with van der Waals surface area (Å²) in [6.45, 7) is 3.73. The van der Waals surface area contributed by atoms with Gasteiger partial charge in [-0.15, -0.1) is 0 Å². The van der Waals surface area contributed by atoms with Crippen LogP contribution in [-0.2, 0) is 6.54 Å². The van der Waals surface area contributed by atoms with Gasteiger partial charge >= 0.3 is 5.97 Å². The average Bonchev–Trinajstić information content (AvgIpc) is 2.32. The zero-order valence-corrected chi connectivity index (χ0v) is 10.5. The molecule has 0 aliphatic carbocycles. The number of hydrogen-bond acceptors (Lipinski definition) is 5. The quantitative estimate of drug-likeness (QED) is 0.870. The molecule has 1 aliphatic heterocycles. The molecule has 0 aromatic carbocycles. The Labute approximate surface area is 104 Å². The molecule has 2 heterocycles. The predicted molar refractivity (Wildman–Crippen MR) is 66.2 cm³/mol. The van der Waals surface area contributed by atoms with Crippen molar-refractivity contribution in [1.82, 2.24) is 14.9 Å². The molecule has 17 heavy (non-hydrogen) atoms. The number of aromatic nitrogens is 2. The second-order valence-electron chi connectivity index (χ2n) is 4.08. The average molecular weight is 253 g/mol. The number of nitrogens with zero attached hydrogens (tertiary/aromatic N) is 3. The van der Waals surface area contributed by atoms with Crippen LogP contribution in [0.4, 0.5) is 0 Å². The Morgan fingerprint density at radius 1 is 1.71 bits per heavy atom. The second-order valence-corrected chi connectivity index (χ2v) is 5.23. The highest BCUT2D eigenvalue weighted by atomic mass is 32.2. The summed E-state index contributed by atoms with van der Waals surface area (Å²) in [6, 6.07) is 0.463. The van der Waals surface area contributed by atoms with Gasteiger partial charge in [0.2, 0.25) is 0 Å². The summed E-state index contributed by atoms with van der Waals surface area (Å²) in [5.74, 6) is 1.23. The van der Waals surface area contributed by atoms with Crippen LogP contribution < -0.4 is 0 Å². The first-order chi connectivity index (χ1) is 8.18. The number of thioether (sulfide) groups is 1. The van der Waals surface area contributed by atoms with Crippen LogP contribution in [0.2, 0.25) is 0 Å². The number of aromatic carboxylic acids is 1. The summed E-state index contributed by atoms with van der Waals surface area (Å²) in [6.07, 6.45) is 2.78. The first-order valence-electron chi connectivity index (χ1n) is 5.52. The molecule has 0 radical (unpaired) electrons. The molecular weight excluding hydrogens is 238 g/mol. The van der Waals surface area contributed by atoms with Crippen molar-refractivity contribution >= 4 is 17.7 Å². The fraction of sp³-hybridized carbons (Fsp3) is 0.545. The summed E-state index contributed by atoms with van der Waals surface area (Å²) in [4.78, 5) is 21.2. The van der Waals surface area contributed by atoms with Crippen LogP contribution in [-0.4, -0.2) is 50.0 Å². The van der Waals surface area contributed by atoms with E-state index in [1.165, 1.54) is 12.5 Å². The number of rotatable bonds is 3. The SMILES string of the molecule is CC1CSCCN1Cc1ncncc1C(=O)O. The predicted octanol–water partition coefficient (Wildman–Crippen LogP) is 1.11. The highest BCUT2D eigenvalue weighted by molar-refractivity contribution is 7.99. The zero-order valence-electron chi connectivity index (χ0n) is 9.67. The molecule has 6 heteroatoms. The molecule has 1 unspecified atom stereocenters. The topological polar surface area (TPSA) is 66.3 Å². The Morgan fingerprint density at radius 2 is 2.53 bits per heavy atom. The van der Waals surface area contributed by atoms with Gasteiger partial charge in [-0.05, 0) is 6.92 Å². The molecule has 1 aromatic rings. The lowest BCUT2D eigenvalue weighted by Gasteiger charge is -2.32.